The number of Topliss-reactive ketones (excluding diaryl/α,β-unsaturated/α-hetero) is 1. The molecular formula is C19H17NO6. The van der Waals surface area contributed by atoms with E-state index < -0.39 is 17.3 Å². The fourth-order valence-electron chi connectivity index (χ4n) is 2.47. The van der Waals surface area contributed by atoms with Gasteiger partial charge in [-0.15, -0.1) is 0 Å². The Morgan fingerprint density at radius 1 is 1.04 bits per heavy atom. The Bertz CT molecular complexity index is 970. The van der Waals surface area contributed by atoms with Gasteiger partial charge in [0.1, 0.15) is 0 Å². The molecule has 2 aromatic carbocycles. The van der Waals surface area contributed by atoms with Gasteiger partial charge in [-0.25, -0.2) is 0 Å². The number of anilines is 1. The molecule has 0 amide bonds. The van der Waals surface area contributed by atoms with Gasteiger partial charge >= 0.3 is 0 Å². The van der Waals surface area contributed by atoms with E-state index in [4.69, 9.17) is 4.74 Å². The first-order valence-electron chi connectivity index (χ1n) is 7.72. The Balaban J connectivity index is 2.00. The molecule has 0 atom stereocenters. The van der Waals surface area contributed by atoms with Gasteiger partial charge in [0.15, 0.2) is 23.0 Å². The van der Waals surface area contributed by atoms with Crippen molar-refractivity contribution in [2.24, 2.45) is 0 Å². The summed E-state index contributed by atoms with van der Waals surface area (Å²) in [7, 11) is 0. The van der Waals surface area contributed by atoms with Gasteiger partial charge in [0.05, 0.1) is 23.2 Å². The summed E-state index contributed by atoms with van der Waals surface area (Å²) in [6.07, 6.45) is 2.86. The van der Waals surface area contributed by atoms with E-state index in [1.54, 1.807) is 13.8 Å². The highest BCUT2D eigenvalue weighted by Gasteiger charge is 2.31. The van der Waals surface area contributed by atoms with Gasteiger partial charge in [0.2, 0.25) is 11.5 Å². The topological polar surface area (TPSA) is 119 Å². The molecule has 7 nitrogen and oxygen atoms in total. The van der Waals surface area contributed by atoms with Crippen LogP contribution in [0.5, 0.6) is 28.7 Å². The molecular weight excluding hydrogens is 338 g/mol. The summed E-state index contributed by atoms with van der Waals surface area (Å²) >= 11 is 0. The normalized spacial score (nSPS) is 14.1. The van der Waals surface area contributed by atoms with E-state index in [2.05, 4.69) is 5.32 Å². The number of phenols is 4. The second-order valence-corrected chi connectivity index (χ2v) is 6.07. The summed E-state index contributed by atoms with van der Waals surface area (Å²) in [5.41, 5.74) is 1.67. The number of phenolic OH excluding ortho intramolecular Hbond substituents is 4. The Kier molecular flexibility index (Phi) is 4.21. The molecule has 134 valence electrons. The number of carbonyl (C=O) groups is 1. The van der Waals surface area contributed by atoms with Crippen LogP contribution in [-0.4, -0.2) is 26.2 Å². The molecule has 26 heavy (non-hydrogen) atoms. The maximum atomic E-state index is 12.5. The van der Waals surface area contributed by atoms with E-state index in [-0.39, 0.29) is 34.2 Å². The SMILES string of the molecule is CC(C)=COc1cc2c(c(O)c1O)C(=O)C(=Cc1ccc(O)c(O)c1)N2. The van der Waals surface area contributed by atoms with Crippen molar-refractivity contribution >= 4 is 17.5 Å². The zero-order valence-corrected chi connectivity index (χ0v) is 14.1. The van der Waals surface area contributed by atoms with E-state index >= 15 is 0 Å². The van der Waals surface area contributed by atoms with Crippen LogP contribution in [0.4, 0.5) is 5.69 Å². The van der Waals surface area contributed by atoms with Crippen molar-refractivity contribution in [2.45, 2.75) is 13.8 Å². The second kappa shape index (κ2) is 6.36. The number of ether oxygens (including phenoxy) is 1. The highest BCUT2D eigenvalue weighted by atomic mass is 16.5. The molecule has 0 fully saturated rings. The molecule has 0 aliphatic carbocycles. The van der Waals surface area contributed by atoms with Gasteiger partial charge in [-0.3, -0.25) is 4.79 Å². The highest BCUT2D eigenvalue weighted by Crippen LogP contribution is 2.46. The molecule has 0 aromatic heterocycles. The van der Waals surface area contributed by atoms with Crippen LogP contribution in [0, 0.1) is 0 Å². The minimum absolute atomic E-state index is 0.00581. The van der Waals surface area contributed by atoms with Gasteiger partial charge in [-0.1, -0.05) is 6.07 Å². The predicted octanol–water partition coefficient (Wildman–Crippen LogP) is 3.46. The monoisotopic (exact) mass is 355 g/mol. The number of carbonyl (C=O) groups excluding carboxylic acids is 1. The number of allylic oxidation sites excluding steroid dienone is 2. The lowest BCUT2D eigenvalue weighted by molar-refractivity contribution is 0.103. The Hall–Kier alpha value is -3.61. The largest absolute Gasteiger partial charge is 0.504 e. The first kappa shape index (κ1) is 17.2. The standard InChI is InChI=1S/C19H17NO6/c1-9(2)8-26-15-7-11-16(19(25)18(15)24)17(23)12(20-11)5-10-3-4-13(21)14(22)6-10/h3-8,20-22,24-25H,1-2H3. The third-order valence-corrected chi connectivity index (χ3v) is 3.71. The molecule has 7 heteroatoms. The summed E-state index contributed by atoms with van der Waals surface area (Å²) in [5, 5.41) is 42.0. The average Bonchev–Trinajstić information content (AvgIpc) is 2.89. The first-order chi connectivity index (χ1) is 12.3. The first-order valence-corrected chi connectivity index (χ1v) is 7.72. The summed E-state index contributed by atoms with van der Waals surface area (Å²) < 4.78 is 5.32. The number of hydrogen-bond acceptors (Lipinski definition) is 7. The lowest BCUT2D eigenvalue weighted by Crippen LogP contribution is -1.99. The van der Waals surface area contributed by atoms with Crippen LogP contribution < -0.4 is 10.1 Å². The third-order valence-electron chi connectivity index (χ3n) is 3.71. The minimum Gasteiger partial charge on any atom is -0.504 e. The number of nitrogens with one attached hydrogen (secondary N) is 1. The third kappa shape index (κ3) is 3.02. The maximum Gasteiger partial charge on any atom is 0.215 e. The number of aromatic hydroxyl groups is 4. The smallest absolute Gasteiger partial charge is 0.215 e. The molecule has 0 saturated carbocycles. The van der Waals surface area contributed by atoms with Crippen molar-refractivity contribution in [3.05, 3.63) is 52.9 Å². The number of ketones is 1. The number of fused-ring (bicyclic) bond motifs is 1. The van der Waals surface area contributed by atoms with E-state index in [1.165, 1.54) is 36.6 Å². The zero-order chi connectivity index (χ0) is 19.0. The van der Waals surface area contributed by atoms with Crippen LogP contribution in [0.3, 0.4) is 0 Å². The minimum atomic E-state index is -0.575. The van der Waals surface area contributed by atoms with Crippen molar-refractivity contribution in [1.82, 2.24) is 0 Å². The van der Waals surface area contributed by atoms with Crippen molar-refractivity contribution in [3.63, 3.8) is 0 Å². The Morgan fingerprint density at radius 2 is 1.77 bits per heavy atom. The van der Waals surface area contributed by atoms with Crippen LogP contribution in [0.15, 0.2) is 41.8 Å². The number of benzene rings is 2. The van der Waals surface area contributed by atoms with Crippen LogP contribution in [-0.2, 0) is 0 Å². The van der Waals surface area contributed by atoms with Crippen LogP contribution in [0.1, 0.15) is 29.8 Å². The molecule has 1 heterocycles. The lowest BCUT2D eigenvalue weighted by atomic mass is 10.1. The van der Waals surface area contributed by atoms with Crippen LogP contribution in [0.2, 0.25) is 0 Å². The summed E-state index contributed by atoms with van der Waals surface area (Å²) in [5.74, 6) is -2.21. The van der Waals surface area contributed by atoms with Gasteiger partial charge in [0, 0.05) is 6.07 Å². The van der Waals surface area contributed by atoms with E-state index in [1.807, 2.05) is 0 Å². The summed E-state index contributed by atoms with van der Waals surface area (Å²) in [4.78, 5) is 12.5. The van der Waals surface area contributed by atoms with Crippen molar-refractivity contribution < 1.29 is 30.0 Å². The molecule has 3 rings (SSSR count). The van der Waals surface area contributed by atoms with Crippen molar-refractivity contribution in [3.8, 4) is 28.7 Å². The average molecular weight is 355 g/mol. The van der Waals surface area contributed by atoms with E-state index in [0.29, 0.717) is 5.56 Å². The van der Waals surface area contributed by atoms with Gasteiger partial charge in [-0.05, 0) is 43.2 Å². The summed E-state index contributed by atoms with van der Waals surface area (Å²) in [6, 6.07) is 5.52. The van der Waals surface area contributed by atoms with Crippen molar-refractivity contribution in [2.75, 3.05) is 5.32 Å². The maximum absolute atomic E-state index is 12.5. The summed E-state index contributed by atoms with van der Waals surface area (Å²) in [6.45, 7) is 3.61. The molecule has 0 unspecified atom stereocenters. The number of rotatable bonds is 3. The molecule has 0 spiro atoms. The van der Waals surface area contributed by atoms with E-state index in [9.17, 15) is 25.2 Å². The van der Waals surface area contributed by atoms with Crippen molar-refractivity contribution in [1.29, 1.82) is 0 Å². The van der Waals surface area contributed by atoms with Crippen LogP contribution >= 0.6 is 0 Å². The number of hydrogen-bond donors (Lipinski definition) is 5. The fraction of sp³-hybridized carbons (Fsp3) is 0.105. The molecule has 0 radical (unpaired) electrons. The Morgan fingerprint density at radius 3 is 2.42 bits per heavy atom. The molecule has 5 N–H and O–H groups in total. The highest BCUT2D eigenvalue weighted by molar-refractivity contribution is 6.22. The molecule has 1 aliphatic rings. The molecule has 2 aromatic rings. The fourth-order valence-corrected chi connectivity index (χ4v) is 2.47. The second-order valence-electron chi connectivity index (χ2n) is 6.07. The Labute approximate surface area is 149 Å². The molecule has 0 bridgehead atoms. The van der Waals surface area contributed by atoms with E-state index in [0.717, 1.165) is 5.57 Å². The zero-order valence-electron chi connectivity index (χ0n) is 14.1. The molecule has 0 saturated heterocycles. The molecule has 1 aliphatic heterocycles. The van der Waals surface area contributed by atoms with Gasteiger partial charge < -0.3 is 30.5 Å². The van der Waals surface area contributed by atoms with Gasteiger partial charge in [0.25, 0.3) is 0 Å². The van der Waals surface area contributed by atoms with Crippen LogP contribution in [0.25, 0.3) is 6.08 Å². The predicted molar refractivity (Wildman–Crippen MR) is 95.5 cm³/mol. The lowest BCUT2D eigenvalue weighted by Gasteiger charge is -2.09. The van der Waals surface area contributed by atoms with Gasteiger partial charge in [-0.2, -0.15) is 0 Å². The quantitative estimate of drug-likeness (QED) is 0.247.